The number of aryl methyl sites for hydroxylation is 2. The maximum Gasteiger partial charge on any atom is 0.329 e. The number of imidazole rings is 1. The highest BCUT2D eigenvalue weighted by Gasteiger charge is 2.32. The number of carbonyl (C=O) groups excluding carboxylic acids is 3. The molecule has 3 amide bonds. The van der Waals surface area contributed by atoms with Crippen molar-refractivity contribution in [3.63, 3.8) is 0 Å². The molecule has 1 unspecified atom stereocenters. The van der Waals surface area contributed by atoms with E-state index in [4.69, 9.17) is 4.98 Å². The minimum absolute atomic E-state index is 0.0161. The van der Waals surface area contributed by atoms with Gasteiger partial charge in [0.05, 0.1) is 27.9 Å². The number of fused-ring (bicyclic) bond motifs is 6. The van der Waals surface area contributed by atoms with Crippen LogP contribution in [-0.2, 0) is 16.6 Å². The maximum atomic E-state index is 13.3. The largest absolute Gasteiger partial charge is 0.381 e. The zero-order valence-corrected chi connectivity index (χ0v) is 34.5. The molecule has 3 fully saturated rings. The van der Waals surface area contributed by atoms with Gasteiger partial charge in [-0.05, 0) is 99.2 Å². The Morgan fingerprint density at radius 1 is 0.831 bits per heavy atom. The normalized spacial score (nSPS) is 20.8. The first-order valence-electron chi connectivity index (χ1n) is 20.9. The molecule has 0 spiro atoms. The van der Waals surface area contributed by atoms with Crippen molar-refractivity contribution in [1.82, 2.24) is 29.7 Å². The number of anilines is 3. The van der Waals surface area contributed by atoms with E-state index in [-0.39, 0.29) is 30.0 Å². The van der Waals surface area contributed by atoms with E-state index in [9.17, 15) is 19.2 Å². The first kappa shape index (κ1) is 37.5. The SMILES string of the molecule is Cc1cc(N2CCC(CN3CCN(c4ccc5c(c4)n(C)c(=O)n5C4CCC(=O)NC4=O)CC3)CC2)ccc1-c1ccc2c(ccc3sc4c(c32)NC[C@@H](C)NC4=O)n1. The molecule has 14 heteroatoms. The minimum Gasteiger partial charge on any atom is -0.381 e. The second-order valence-electron chi connectivity index (χ2n) is 16.8. The summed E-state index contributed by atoms with van der Waals surface area (Å²) in [6, 6.07) is 20.7. The number of piperazine rings is 1. The lowest BCUT2D eigenvalue weighted by Crippen LogP contribution is -2.49. The van der Waals surface area contributed by atoms with Crippen molar-refractivity contribution in [1.29, 1.82) is 0 Å². The summed E-state index contributed by atoms with van der Waals surface area (Å²) in [6.07, 6.45) is 2.88. The zero-order chi connectivity index (χ0) is 40.5. The van der Waals surface area contributed by atoms with Gasteiger partial charge in [0.15, 0.2) is 0 Å². The molecule has 4 aliphatic rings. The van der Waals surface area contributed by atoms with Crippen molar-refractivity contribution in [3.05, 3.63) is 81.6 Å². The Morgan fingerprint density at radius 3 is 2.37 bits per heavy atom. The topological polar surface area (TPSA) is 137 Å². The Bertz CT molecular complexity index is 2740. The number of pyridine rings is 1. The van der Waals surface area contributed by atoms with Crippen LogP contribution in [0.25, 0.3) is 43.3 Å². The number of piperidine rings is 2. The third-order valence-corrected chi connectivity index (χ3v) is 14.2. The minimum atomic E-state index is -0.681. The fourth-order valence-corrected chi connectivity index (χ4v) is 10.8. The number of imide groups is 1. The first-order chi connectivity index (χ1) is 28.6. The second kappa shape index (κ2) is 14.8. The lowest BCUT2D eigenvalue weighted by Gasteiger charge is -2.40. The maximum absolute atomic E-state index is 13.3. The Hall–Kier alpha value is -5.73. The van der Waals surface area contributed by atoms with Crippen molar-refractivity contribution in [2.24, 2.45) is 13.0 Å². The number of thiophene rings is 1. The number of benzene rings is 3. The summed E-state index contributed by atoms with van der Waals surface area (Å²) < 4.78 is 4.24. The molecule has 59 heavy (non-hydrogen) atoms. The monoisotopic (exact) mass is 811 g/mol. The van der Waals surface area contributed by atoms with Gasteiger partial charge < -0.3 is 20.4 Å². The van der Waals surface area contributed by atoms with Gasteiger partial charge in [0.1, 0.15) is 10.9 Å². The van der Waals surface area contributed by atoms with Gasteiger partial charge in [-0.1, -0.05) is 6.07 Å². The Morgan fingerprint density at radius 2 is 1.59 bits per heavy atom. The summed E-state index contributed by atoms with van der Waals surface area (Å²) in [5, 5.41) is 11.1. The molecular formula is C45H49N9O4S. The standard InChI is InChI=1S/C45H49N9O4S/c1-26-22-29(4-6-31(26)33-8-7-32-34(48-33)9-12-38-40(32)41-42(59-38)44(57)47-27(2)24-46-41)52-16-14-28(15-17-52)25-51-18-20-53(21-19-51)30-5-10-35-37(23-30)50(3)45(58)54(35)36-11-13-39(55)49-43(36)56/h4-10,12,22-23,27-28,36,46H,11,13-21,24-25H2,1-3H3,(H,47,57)(H,49,55,56)/t27-,36?/m1/s1. The number of carbonyl (C=O) groups is 3. The number of rotatable bonds is 6. The zero-order valence-electron chi connectivity index (χ0n) is 33.7. The van der Waals surface area contributed by atoms with Crippen LogP contribution < -0.4 is 31.4 Å². The summed E-state index contributed by atoms with van der Waals surface area (Å²) in [5.74, 6) is -0.0575. The molecule has 0 radical (unpaired) electrons. The highest BCUT2D eigenvalue weighted by atomic mass is 32.1. The van der Waals surface area contributed by atoms with Crippen molar-refractivity contribution < 1.29 is 14.4 Å². The summed E-state index contributed by atoms with van der Waals surface area (Å²) in [6.45, 7) is 11.9. The van der Waals surface area contributed by atoms with Crippen LogP contribution in [0.4, 0.5) is 17.1 Å². The van der Waals surface area contributed by atoms with Crippen LogP contribution in [0.5, 0.6) is 0 Å². The summed E-state index contributed by atoms with van der Waals surface area (Å²) in [5.41, 5.74) is 8.76. The van der Waals surface area contributed by atoms with Crippen molar-refractivity contribution >= 4 is 78.1 Å². The van der Waals surface area contributed by atoms with E-state index in [1.165, 1.54) is 22.6 Å². The van der Waals surface area contributed by atoms with Crippen LogP contribution in [0.15, 0.2) is 65.5 Å². The Kier molecular flexibility index (Phi) is 9.43. The van der Waals surface area contributed by atoms with E-state index >= 15 is 0 Å². The first-order valence-corrected chi connectivity index (χ1v) is 21.7. The predicted octanol–water partition coefficient (Wildman–Crippen LogP) is 5.64. The molecule has 2 atom stereocenters. The second-order valence-corrected chi connectivity index (χ2v) is 17.9. The highest BCUT2D eigenvalue weighted by Crippen LogP contribution is 2.41. The molecule has 3 aromatic carbocycles. The molecule has 6 aromatic rings. The van der Waals surface area contributed by atoms with E-state index in [0.29, 0.717) is 24.4 Å². The van der Waals surface area contributed by atoms with E-state index in [2.05, 4.69) is 92.2 Å². The van der Waals surface area contributed by atoms with Gasteiger partial charge in [-0.2, -0.15) is 0 Å². The Labute approximate surface area is 346 Å². The lowest BCUT2D eigenvalue weighted by molar-refractivity contribution is -0.135. The van der Waals surface area contributed by atoms with Gasteiger partial charge in [0.2, 0.25) is 11.8 Å². The van der Waals surface area contributed by atoms with Gasteiger partial charge >= 0.3 is 5.69 Å². The quantitative estimate of drug-likeness (QED) is 0.183. The Balaban J connectivity index is 0.755. The summed E-state index contributed by atoms with van der Waals surface area (Å²) >= 11 is 1.53. The molecule has 10 rings (SSSR count). The molecule has 0 aliphatic carbocycles. The third-order valence-electron chi connectivity index (χ3n) is 13.0. The number of aromatic nitrogens is 3. The molecule has 13 nitrogen and oxygen atoms in total. The number of hydrogen-bond acceptors (Lipinski definition) is 10. The number of hydrogen-bond donors (Lipinski definition) is 3. The molecule has 304 valence electrons. The van der Waals surface area contributed by atoms with Gasteiger partial charge in [-0.15, -0.1) is 11.3 Å². The number of nitrogens with zero attached hydrogens (tertiary/aromatic N) is 6. The lowest BCUT2D eigenvalue weighted by atomic mass is 9.95. The fraction of sp³-hybridized carbons (Fsp3) is 0.400. The molecule has 7 heterocycles. The van der Waals surface area contributed by atoms with Crippen molar-refractivity contribution in [3.8, 4) is 11.3 Å². The molecule has 4 aliphatic heterocycles. The number of nitrogens with one attached hydrogen (secondary N) is 3. The molecule has 0 saturated carbocycles. The van der Waals surface area contributed by atoms with Gasteiger partial charge in [-0.3, -0.25) is 33.7 Å². The van der Waals surface area contributed by atoms with Crippen LogP contribution in [0, 0.1) is 12.8 Å². The fourth-order valence-electron chi connectivity index (χ4n) is 9.71. The molecule has 0 bridgehead atoms. The third kappa shape index (κ3) is 6.71. The molecular weight excluding hydrogens is 763 g/mol. The van der Waals surface area contributed by atoms with E-state index in [0.717, 1.165) is 113 Å². The smallest absolute Gasteiger partial charge is 0.329 e. The van der Waals surface area contributed by atoms with E-state index < -0.39 is 11.9 Å². The van der Waals surface area contributed by atoms with Crippen LogP contribution in [0.1, 0.15) is 53.9 Å². The number of amides is 3. The van der Waals surface area contributed by atoms with Crippen LogP contribution in [0.2, 0.25) is 0 Å². The molecule has 3 aromatic heterocycles. The van der Waals surface area contributed by atoms with Gasteiger partial charge in [-0.25, -0.2) is 9.78 Å². The molecule has 3 saturated heterocycles. The van der Waals surface area contributed by atoms with Crippen molar-refractivity contribution in [2.45, 2.75) is 51.6 Å². The predicted molar refractivity (Wildman–Crippen MR) is 235 cm³/mol. The van der Waals surface area contributed by atoms with Crippen LogP contribution in [-0.4, -0.2) is 95.1 Å². The van der Waals surface area contributed by atoms with Gasteiger partial charge in [0, 0.05) is 104 Å². The van der Waals surface area contributed by atoms with E-state index in [1.807, 2.05) is 13.0 Å². The van der Waals surface area contributed by atoms with Gasteiger partial charge in [0.25, 0.3) is 5.91 Å². The van der Waals surface area contributed by atoms with E-state index in [1.54, 1.807) is 16.2 Å². The average molecular weight is 812 g/mol. The molecule has 3 N–H and O–H groups in total. The summed E-state index contributed by atoms with van der Waals surface area (Å²) in [7, 11) is 1.75. The van der Waals surface area contributed by atoms with Crippen LogP contribution >= 0.6 is 11.3 Å². The highest BCUT2D eigenvalue weighted by molar-refractivity contribution is 7.21. The average Bonchev–Trinajstić information content (AvgIpc) is 3.69. The summed E-state index contributed by atoms with van der Waals surface area (Å²) in [4.78, 5) is 63.9. The van der Waals surface area contributed by atoms with Crippen molar-refractivity contribution in [2.75, 3.05) is 67.5 Å². The van der Waals surface area contributed by atoms with Crippen LogP contribution in [0.3, 0.4) is 0 Å².